The third-order valence-corrected chi connectivity index (χ3v) is 4.42. The molecule has 0 saturated carbocycles. The molecule has 1 saturated heterocycles. The van der Waals surface area contributed by atoms with Crippen LogP contribution in [0.3, 0.4) is 0 Å². The van der Waals surface area contributed by atoms with E-state index in [4.69, 9.17) is 4.74 Å². The van der Waals surface area contributed by atoms with Crippen LogP contribution in [0.4, 0.5) is 8.78 Å². The maximum atomic E-state index is 13.4. The molecule has 1 aliphatic heterocycles. The molecule has 0 aliphatic carbocycles. The second-order valence-electron chi connectivity index (χ2n) is 7.77. The summed E-state index contributed by atoms with van der Waals surface area (Å²) in [7, 11) is 0. The van der Waals surface area contributed by atoms with Gasteiger partial charge in [-0.1, -0.05) is 6.08 Å². The fraction of sp³-hybridized carbons (Fsp3) is 0.500. The van der Waals surface area contributed by atoms with Crippen molar-refractivity contribution in [2.45, 2.75) is 51.8 Å². The van der Waals surface area contributed by atoms with Crippen LogP contribution < -0.4 is 10.6 Å². The summed E-state index contributed by atoms with van der Waals surface area (Å²) in [6.45, 7) is 9.35. The van der Waals surface area contributed by atoms with Crippen molar-refractivity contribution in [3.8, 4) is 0 Å². The molecule has 2 N–H and O–H groups in total. The molecular formula is C20H26F2N2O3. The molecule has 0 radical (unpaired) electrons. The van der Waals surface area contributed by atoms with Gasteiger partial charge in [0, 0.05) is 18.2 Å². The molecule has 1 unspecified atom stereocenters. The molecular weight excluding hydrogens is 354 g/mol. The highest BCUT2D eigenvalue weighted by Crippen LogP contribution is 2.21. The number of esters is 1. The lowest BCUT2D eigenvalue weighted by molar-refractivity contribution is -0.161. The number of benzene rings is 1. The van der Waals surface area contributed by atoms with Gasteiger partial charge < -0.3 is 15.4 Å². The number of amides is 1. The Morgan fingerprint density at radius 1 is 1.33 bits per heavy atom. The van der Waals surface area contributed by atoms with Gasteiger partial charge in [0.05, 0.1) is 11.5 Å². The van der Waals surface area contributed by atoms with Gasteiger partial charge in [0.15, 0.2) is 11.6 Å². The summed E-state index contributed by atoms with van der Waals surface area (Å²) in [4.78, 5) is 24.7. The number of piperidine rings is 1. The Labute approximate surface area is 158 Å². The highest BCUT2D eigenvalue weighted by molar-refractivity contribution is 5.94. The van der Waals surface area contributed by atoms with E-state index in [-0.39, 0.29) is 17.6 Å². The first-order valence-corrected chi connectivity index (χ1v) is 8.93. The van der Waals surface area contributed by atoms with E-state index in [1.165, 1.54) is 6.07 Å². The quantitative estimate of drug-likeness (QED) is 0.609. The monoisotopic (exact) mass is 380 g/mol. The molecule has 7 heteroatoms. The second kappa shape index (κ2) is 8.61. The minimum absolute atomic E-state index is 0.00796. The fourth-order valence-electron chi connectivity index (χ4n) is 2.83. The Morgan fingerprint density at radius 3 is 2.63 bits per heavy atom. The van der Waals surface area contributed by atoms with Gasteiger partial charge in [0.1, 0.15) is 6.10 Å². The standard InChI is InChI=1S/C20H26F2N2O3/c1-5-6-13-10-16(17(11-23-13)27-19(26)20(2,3)4)24-18(25)12-7-8-14(21)15(22)9-12/h5,7-9,13,16-17,23H,1,6,10-11H2,2-4H3,(H,24,25)/t13?,16-,17-/m0/s1. The van der Waals surface area contributed by atoms with Crippen LogP contribution >= 0.6 is 0 Å². The predicted octanol–water partition coefficient (Wildman–Crippen LogP) is 2.96. The number of ether oxygens (including phenoxy) is 1. The van der Waals surface area contributed by atoms with Crippen LogP contribution in [0.1, 0.15) is 44.0 Å². The number of hydrogen-bond donors (Lipinski definition) is 2. The Kier molecular flexibility index (Phi) is 6.70. The Hall–Kier alpha value is -2.28. The summed E-state index contributed by atoms with van der Waals surface area (Å²) in [5, 5.41) is 6.07. The number of carbonyl (C=O) groups excluding carboxylic acids is 2. The molecule has 0 aromatic heterocycles. The highest BCUT2D eigenvalue weighted by Gasteiger charge is 2.36. The van der Waals surface area contributed by atoms with Gasteiger partial charge in [-0.15, -0.1) is 6.58 Å². The molecule has 1 aliphatic rings. The van der Waals surface area contributed by atoms with Crippen molar-refractivity contribution in [3.63, 3.8) is 0 Å². The largest absolute Gasteiger partial charge is 0.458 e. The van der Waals surface area contributed by atoms with Crippen molar-refractivity contribution in [3.05, 3.63) is 48.1 Å². The molecule has 0 bridgehead atoms. The van der Waals surface area contributed by atoms with E-state index in [0.29, 0.717) is 19.4 Å². The lowest BCUT2D eigenvalue weighted by Crippen LogP contribution is -2.58. The first-order chi connectivity index (χ1) is 12.6. The van der Waals surface area contributed by atoms with Gasteiger partial charge in [-0.2, -0.15) is 0 Å². The van der Waals surface area contributed by atoms with E-state index in [9.17, 15) is 18.4 Å². The maximum absolute atomic E-state index is 13.4. The summed E-state index contributed by atoms with van der Waals surface area (Å²) in [5.41, 5.74) is -0.666. The topological polar surface area (TPSA) is 67.4 Å². The Bertz CT molecular complexity index is 716. The molecule has 5 nitrogen and oxygen atoms in total. The molecule has 27 heavy (non-hydrogen) atoms. The van der Waals surface area contributed by atoms with Gasteiger partial charge in [-0.3, -0.25) is 9.59 Å². The number of carbonyl (C=O) groups is 2. The van der Waals surface area contributed by atoms with Crippen LogP contribution in [0.25, 0.3) is 0 Å². The number of hydrogen-bond acceptors (Lipinski definition) is 4. The van der Waals surface area contributed by atoms with Crippen molar-refractivity contribution < 1.29 is 23.1 Å². The molecule has 1 aromatic rings. The van der Waals surface area contributed by atoms with Crippen LogP contribution in [-0.2, 0) is 9.53 Å². The van der Waals surface area contributed by atoms with Gasteiger partial charge in [0.2, 0.25) is 0 Å². The summed E-state index contributed by atoms with van der Waals surface area (Å²) in [6.07, 6.45) is 2.42. The van der Waals surface area contributed by atoms with Crippen molar-refractivity contribution in [1.82, 2.24) is 10.6 Å². The molecule has 148 valence electrons. The normalized spacial score (nSPS) is 22.8. The van der Waals surface area contributed by atoms with Crippen LogP contribution in [0.15, 0.2) is 30.9 Å². The zero-order chi connectivity index (χ0) is 20.2. The minimum Gasteiger partial charge on any atom is -0.458 e. The molecule has 2 rings (SSSR count). The molecule has 1 heterocycles. The van der Waals surface area contributed by atoms with E-state index in [1.54, 1.807) is 26.8 Å². The summed E-state index contributed by atoms with van der Waals surface area (Å²) < 4.78 is 32.1. The Morgan fingerprint density at radius 2 is 2.04 bits per heavy atom. The first kappa shape index (κ1) is 21.0. The summed E-state index contributed by atoms with van der Waals surface area (Å²) >= 11 is 0. The van der Waals surface area contributed by atoms with Crippen molar-refractivity contribution in [1.29, 1.82) is 0 Å². The first-order valence-electron chi connectivity index (χ1n) is 8.93. The summed E-state index contributed by atoms with van der Waals surface area (Å²) in [5.74, 6) is -3.02. The zero-order valence-corrected chi connectivity index (χ0v) is 15.9. The number of rotatable bonds is 5. The minimum atomic E-state index is -1.09. The van der Waals surface area contributed by atoms with Crippen molar-refractivity contribution in [2.75, 3.05) is 6.54 Å². The summed E-state index contributed by atoms with van der Waals surface area (Å²) in [6, 6.07) is 2.59. The smallest absolute Gasteiger partial charge is 0.311 e. The van der Waals surface area contributed by atoms with E-state index >= 15 is 0 Å². The third-order valence-electron chi connectivity index (χ3n) is 4.42. The number of nitrogens with one attached hydrogen (secondary N) is 2. The fourth-order valence-corrected chi connectivity index (χ4v) is 2.83. The van der Waals surface area contributed by atoms with Gasteiger partial charge in [-0.05, 0) is 51.8 Å². The second-order valence-corrected chi connectivity index (χ2v) is 7.77. The zero-order valence-electron chi connectivity index (χ0n) is 15.9. The van der Waals surface area contributed by atoms with Crippen molar-refractivity contribution in [2.24, 2.45) is 5.41 Å². The molecule has 1 fully saturated rings. The average molecular weight is 380 g/mol. The molecule has 1 amide bonds. The van der Waals surface area contributed by atoms with Gasteiger partial charge >= 0.3 is 5.97 Å². The molecule has 0 spiro atoms. The van der Waals surface area contributed by atoms with E-state index in [1.807, 2.05) is 0 Å². The van der Waals surface area contributed by atoms with E-state index in [2.05, 4.69) is 17.2 Å². The van der Waals surface area contributed by atoms with Crippen LogP contribution in [-0.4, -0.2) is 36.6 Å². The lowest BCUT2D eigenvalue weighted by atomic mass is 9.93. The molecule has 1 aromatic carbocycles. The van der Waals surface area contributed by atoms with E-state index in [0.717, 1.165) is 12.1 Å². The van der Waals surface area contributed by atoms with Gasteiger partial charge in [0.25, 0.3) is 5.91 Å². The third kappa shape index (κ3) is 5.60. The molecule has 3 atom stereocenters. The predicted molar refractivity (Wildman–Crippen MR) is 98.2 cm³/mol. The van der Waals surface area contributed by atoms with Crippen LogP contribution in [0, 0.1) is 17.0 Å². The van der Waals surface area contributed by atoms with E-state index < -0.39 is 35.1 Å². The van der Waals surface area contributed by atoms with Gasteiger partial charge in [-0.25, -0.2) is 8.78 Å². The lowest BCUT2D eigenvalue weighted by Gasteiger charge is -2.37. The van der Waals surface area contributed by atoms with Crippen LogP contribution in [0.5, 0.6) is 0 Å². The van der Waals surface area contributed by atoms with Crippen molar-refractivity contribution >= 4 is 11.9 Å². The number of halogens is 2. The highest BCUT2D eigenvalue weighted by atomic mass is 19.2. The SMILES string of the molecule is C=CCC1C[C@H](NC(=O)c2ccc(F)c(F)c2)[C@@H](OC(=O)C(C)(C)C)CN1. The maximum Gasteiger partial charge on any atom is 0.311 e. The van der Waals surface area contributed by atoms with Crippen LogP contribution in [0.2, 0.25) is 0 Å². The average Bonchev–Trinajstić information content (AvgIpc) is 2.58. The Balaban J connectivity index is 2.14.